The minimum atomic E-state index is -0.0309. The number of aromatic nitrogens is 3. The number of anilines is 2. The van der Waals surface area contributed by atoms with Crippen LogP contribution >= 0.6 is 0 Å². The molecule has 0 atom stereocenters. The molecule has 3 aromatic rings. The van der Waals surface area contributed by atoms with Crippen molar-refractivity contribution < 1.29 is 0 Å². The number of fused-ring (bicyclic) bond motifs is 1. The third-order valence-electron chi connectivity index (χ3n) is 2.98. The Morgan fingerprint density at radius 2 is 1.80 bits per heavy atom. The van der Waals surface area contributed by atoms with Crippen molar-refractivity contribution in [1.82, 2.24) is 15.0 Å². The van der Waals surface area contributed by atoms with Gasteiger partial charge in [-0.2, -0.15) is 4.68 Å². The van der Waals surface area contributed by atoms with E-state index in [1.54, 1.807) is 24.3 Å². The summed E-state index contributed by atoms with van der Waals surface area (Å²) in [5.74, 6) is 5.93. The fourth-order valence-corrected chi connectivity index (χ4v) is 1.95. The first-order chi connectivity index (χ1) is 9.68. The number of nitrogen functional groups attached to an aromatic ring is 1. The van der Waals surface area contributed by atoms with Gasteiger partial charge in [-0.05, 0) is 24.3 Å². The maximum absolute atomic E-state index is 8.17. The zero-order valence-electron chi connectivity index (χ0n) is 10.6. The monoisotopic (exact) mass is 267 g/mol. The lowest BCUT2D eigenvalue weighted by Gasteiger charge is -2.20. The first-order valence-corrected chi connectivity index (χ1v) is 5.97. The fourth-order valence-electron chi connectivity index (χ4n) is 1.95. The molecule has 0 unspecified atom stereocenters. The fraction of sp³-hybridized carbons (Fsp3) is 0. The molecule has 20 heavy (non-hydrogen) atoms. The van der Waals surface area contributed by atoms with Gasteiger partial charge in [0.2, 0.25) is 5.96 Å². The van der Waals surface area contributed by atoms with Crippen molar-refractivity contribution in [2.24, 2.45) is 5.84 Å². The number of hydrazine groups is 1. The Balaban J connectivity index is 2.03. The summed E-state index contributed by atoms with van der Waals surface area (Å²) in [5.41, 5.74) is 8.30. The summed E-state index contributed by atoms with van der Waals surface area (Å²) < 4.78 is 1.36. The quantitative estimate of drug-likeness (QED) is 0.201. The van der Waals surface area contributed by atoms with Crippen LogP contribution in [0.2, 0.25) is 0 Å². The predicted octanol–water partition coefficient (Wildman–Crippen LogP) is 1.18. The van der Waals surface area contributed by atoms with Gasteiger partial charge >= 0.3 is 0 Å². The summed E-state index contributed by atoms with van der Waals surface area (Å²) in [5, 5.41) is 17.3. The molecule has 0 bridgehead atoms. The van der Waals surface area contributed by atoms with Crippen LogP contribution in [0.1, 0.15) is 0 Å². The molecule has 0 aliphatic rings. The number of hydrogen-bond acceptors (Lipinski definition) is 5. The van der Waals surface area contributed by atoms with E-state index >= 15 is 0 Å². The van der Waals surface area contributed by atoms with Gasteiger partial charge in [-0.1, -0.05) is 29.5 Å². The lowest BCUT2D eigenvalue weighted by atomic mass is 10.2. The average Bonchev–Trinajstić information content (AvgIpc) is 2.90. The summed E-state index contributed by atoms with van der Waals surface area (Å²) in [6.07, 6.45) is 0. The van der Waals surface area contributed by atoms with E-state index in [2.05, 4.69) is 10.3 Å². The molecule has 1 heterocycles. The van der Waals surface area contributed by atoms with E-state index < -0.39 is 0 Å². The Morgan fingerprint density at radius 3 is 2.60 bits per heavy atom. The van der Waals surface area contributed by atoms with Gasteiger partial charge in [0.05, 0.1) is 16.9 Å². The number of nitrogens with two attached hydrogens (primary N) is 2. The van der Waals surface area contributed by atoms with E-state index in [0.29, 0.717) is 22.4 Å². The Bertz CT molecular complexity index is 777. The number of para-hydroxylation sites is 3. The van der Waals surface area contributed by atoms with E-state index in [4.69, 9.17) is 17.0 Å². The van der Waals surface area contributed by atoms with Crippen molar-refractivity contribution in [2.75, 3.05) is 10.7 Å². The van der Waals surface area contributed by atoms with Crippen LogP contribution < -0.4 is 16.6 Å². The molecule has 1 aromatic heterocycles. The second kappa shape index (κ2) is 4.63. The Kier molecular flexibility index (Phi) is 2.81. The molecule has 0 saturated carbocycles. The molecule has 0 fully saturated rings. The average molecular weight is 267 g/mol. The third-order valence-corrected chi connectivity index (χ3v) is 2.98. The zero-order chi connectivity index (χ0) is 14.1. The smallest absolute Gasteiger partial charge is 0.240 e. The van der Waals surface area contributed by atoms with Gasteiger partial charge in [0.15, 0.2) is 0 Å². The van der Waals surface area contributed by atoms with E-state index in [0.717, 1.165) is 0 Å². The van der Waals surface area contributed by atoms with Crippen molar-refractivity contribution in [2.45, 2.75) is 0 Å². The van der Waals surface area contributed by atoms with Crippen molar-refractivity contribution in [1.29, 1.82) is 5.41 Å². The lowest BCUT2D eigenvalue weighted by Crippen LogP contribution is -2.42. The summed E-state index contributed by atoms with van der Waals surface area (Å²) in [4.78, 5) is 0. The van der Waals surface area contributed by atoms with Crippen molar-refractivity contribution in [3.05, 3.63) is 48.5 Å². The molecule has 7 nitrogen and oxygen atoms in total. The highest BCUT2D eigenvalue weighted by Crippen LogP contribution is 2.21. The summed E-state index contributed by atoms with van der Waals surface area (Å²) in [6, 6.07) is 14.4. The van der Waals surface area contributed by atoms with Crippen LogP contribution in [0.5, 0.6) is 0 Å². The molecule has 0 aliphatic heterocycles. The van der Waals surface area contributed by atoms with Gasteiger partial charge in [-0.15, -0.1) is 5.10 Å². The maximum atomic E-state index is 8.17. The largest absolute Gasteiger partial charge is 0.397 e. The minimum Gasteiger partial charge on any atom is -0.397 e. The standard InChI is InChI=1S/C13H13N7/c14-9-5-1-3-7-11(9)19(16)13(15)20-12-8-4-2-6-10(12)17-18-20/h1-8,15H,14,16H2. The third kappa shape index (κ3) is 1.86. The molecule has 0 radical (unpaired) electrons. The highest BCUT2D eigenvalue weighted by Gasteiger charge is 2.16. The molecule has 100 valence electrons. The normalized spacial score (nSPS) is 10.7. The molecule has 0 saturated heterocycles. The van der Waals surface area contributed by atoms with Gasteiger partial charge in [0.1, 0.15) is 5.52 Å². The Hall–Kier alpha value is -2.93. The van der Waals surface area contributed by atoms with Gasteiger partial charge in [-0.25, -0.2) is 10.9 Å². The number of benzene rings is 2. The van der Waals surface area contributed by atoms with Crippen LogP contribution in [0.25, 0.3) is 11.0 Å². The highest BCUT2D eigenvalue weighted by molar-refractivity contribution is 6.00. The number of nitrogens with zero attached hydrogens (tertiary/aromatic N) is 4. The molecule has 2 aromatic carbocycles. The van der Waals surface area contributed by atoms with E-state index in [9.17, 15) is 0 Å². The number of rotatable bonds is 1. The molecule has 7 heteroatoms. The minimum absolute atomic E-state index is 0.0309. The van der Waals surface area contributed by atoms with Crippen LogP contribution in [-0.2, 0) is 0 Å². The van der Waals surface area contributed by atoms with Crippen LogP contribution in [0, 0.1) is 5.41 Å². The second-order valence-corrected chi connectivity index (χ2v) is 4.24. The van der Waals surface area contributed by atoms with Crippen molar-refractivity contribution in [3.63, 3.8) is 0 Å². The number of nitrogens with one attached hydrogen (secondary N) is 1. The van der Waals surface area contributed by atoms with E-state index in [1.807, 2.05) is 24.3 Å². The van der Waals surface area contributed by atoms with Gasteiger partial charge in [-0.3, -0.25) is 5.41 Å². The Labute approximate surface area is 114 Å². The van der Waals surface area contributed by atoms with Crippen LogP contribution in [0.4, 0.5) is 11.4 Å². The van der Waals surface area contributed by atoms with Gasteiger partial charge < -0.3 is 5.73 Å². The first kappa shape index (κ1) is 12.1. The van der Waals surface area contributed by atoms with Crippen molar-refractivity contribution in [3.8, 4) is 0 Å². The topological polar surface area (TPSA) is 110 Å². The molecular weight excluding hydrogens is 254 g/mol. The zero-order valence-corrected chi connectivity index (χ0v) is 10.6. The first-order valence-electron chi connectivity index (χ1n) is 5.97. The molecule has 0 aliphatic carbocycles. The summed E-state index contributed by atoms with van der Waals surface area (Å²) in [7, 11) is 0. The summed E-state index contributed by atoms with van der Waals surface area (Å²) >= 11 is 0. The van der Waals surface area contributed by atoms with Crippen LogP contribution in [0.3, 0.4) is 0 Å². The second-order valence-electron chi connectivity index (χ2n) is 4.24. The number of hydrogen-bond donors (Lipinski definition) is 3. The molecule has 0 amide bonds. The molecular formula is C13H13N7. The van der Waals surface area contributed by atoms with Crippen LogP contribution in [-0.4, -0.2) is 21.0 Å². The van der Waals surface area contributed by atoms with Gasteiger partial charge in [0.25, 0.3) is 0 Å². The molecule has 3 rings (SSSR count). The highest BCUT2D eigenvalue weighted by atomic mass is 15.6. The summed E-state index contributed by atoms with van der Waals surface area (Å²) in [6.45, 7) is 0. The maximum Gasteiger partial charge on any atom is 0.240 e. The van der Waals surface area contributed by atoms with E-state index in [-0.39, 0.29) is 5.96 Å². The van der Waals surface area contributed by atoms with Crippen molar-refractivity contribution >= 4 is 28.4 Å². The van der Waals surface area contributed by atoms with Gasteiger partial charge in [0, 0.05) is 0 Å². The lowest BCUT2D eigenvalue weighted by molar-refractivity contribution is 0.829. The SMILES string of the molecule is N=C(N(N)c1ccccc1N)n1nnc2ccccc21. The molecule has 5 N–H and O–H groups in total. The van der Waals surface area contributed by atoms with E-state index in [1.165, 1.54) is 9.69 Å². The van der Waals surface area contributed by atoms with Crippen LogP contribution in [0.15, 0.2) is 48.5 Å². The Morgan fingerprint density at radius 1 is 1.10 bits per heavy atom. The predicted molar refractivity (Wildman–Crippen MR) is 78.2 cm³/mol. The molecule has 0 spiro atoms.